The molecule has 0 unspecified atom stereocenters. The zero-order chi connectivity index (χ0) is 18.9. The molecule has 0 spiro atoms. The number of amides is 1. The van der Waals surface area contributed by atoms with Crippen LogP contribution in [0.1, 0.15) is 19.4 Å². The summed E-state index contributed by atoms with van der Waals surface area (Å²) in [5.41, 5.74) is 1.29. The van der Waals surface area contributed by atoms with Crippen LogP contribution >= 0.6 is 11.6 Å². The molecule has 2 aromatic carbocycles. The Morgan fingerprint density at radius 1 is 1.19 bits per heavy atom. The Kier molecular flexibility index (Phi) is 7.24. The first-order valence-electron chi connectivity index (χ1n) is 8.16. The van der Waals surface area contributed by atoms with E-state index in [9.17, 15) is 9.59 Å². The molecule has 136 valence electrons. The Labute approximate surface area is 157 Å². The third kappa shape index (κ3) is 5.93. The molecule has 0 aliphatic carbocycles. The van der Waals surface area contributed by atoms with E-state index in [0.717, 1.165) is 5.56 Å². The standard InChI is InChI=1S/C20H20ClNO4/c1-3-25-18-10-5-4-7-15(18)11-12-19(23)26-14(2)20(24)22-17-9-6-8-16(21)13-17/h4-14H,3H2,1-2H3,(H,22,24)/b12-11+/t14-/m0/s1. The average Bonchev–Trinajstić information content (AvgIpc) is 2.61. The molecular weight excluding hydrogens is 354 g/mol. The van der Waals surface area contributed by atoms with Gasteiger partial charge >= 0.3 is 5.97 Å². The number of carbonyl (C=O) groups is 2. The topological polar surface area (TPSA) is 64.6 Å². The summed E-state index contributed by atoms with van der Waals surface area (Å²) in [4.78, 5) is 24.1. The summed E-state index contributed by atoms with van der Waals surface area (Å²) in [6, 6.07) is 14.1. The van der Waals surface area contributed by atoms with E-state index < -0.39 is 18.0 Å². The van der Waals surface area contributed by atoms with E-state index in [0.29, 0.717) is 23.1 Å². The molecule has 0 saturated heterocycles. The molecule has 0 heterocycles. The molecule has 1 N–H and O–H groups in total. The quantitative estimate of drug-likeness (QED) is 0.579. The Balaban J connectivity index is 1.93. The van der Waals surface area contributed by atoms with Crippen molar-refractivity contribution in [3.8, 4) is 5.75 Å². The molecule has 5 nitrogen and oxygen atoms in total. The van der Waals surface area contributed by atoms with E-state index in [2.05, 4.69) is 5.32 Å². The van der Waals surface area contributed by atoms with Crippen LogP contribution in [-0.4, -0.2) is 24.6 Å². The summed E-state index contributed by atoms with van der Waals surface area (Å²) in [5.74, 6) is -0.389. The molecule has 0 aliphatic rings. The number of hydrogen-bond acceptors (Lipinski definition) is 4. The Morgan fingerprint density at radius 2 is 1.96 bits per heavy atom. The number of para-hydroxylation sites is 1. The lowest BCUT2D eigenvalue weighted by Crippen LogP contribution is -2.29. The molecule has 0 bridgehead atoms. The molecule has 1 atom stereocenters. The van der Waals surface area contributed by atoms with Crippen LogP contribution in [0, 0.1) is 0 Å². The third-order valence-electron chi connectivity index (χ3n) is 3.37. The zero-order valence-corrected chi connectivity index (χ0v) is 15.3. The second-order valence-corrected chi connectivity index (χ2v) is 5.82. The summed E-state index contributed by atoms with van der Waals surface area (Å²) < 4.78 is 10.6. The van der Waals surface area contributed by atoms with E-state index in [1.807, 2.05) is 31.2 Å². The Morgan fingerprint density at radius 3 is 2.69 bits per heavy atom. The smallest absolute Gasteiger partial charge is 0.331 e. The van der Waals surface area contributed by atoms with Crippen molar-refractivity contribution in [2.24, 2.45) is 0 Å². The van der Waals surface area contributed by atoms with Crippen LogP contribution < -0.4 is 10.1 Å². The van der Waals surface area contributed by atoms with Gasteiger partial charge in [-0.25, -0.2) is 4.79 Å². The number of hydrogen-bond donors (Lipinski definition) is 1. The van der Waals surface area contributed by atoms with Crippen LogP contribution in [0.5, 0.6) is 5.75 Å². The van der Waals surface area contributed by atoms with Gasteiger partial charge in [0.25, 0.3) is 5.91 Å². The molecule has 26 heavy (non-hydrogen) atoms. The number of esters is 1. The number of anilines is 1. The van der Waals surface area contributed by atoms with Gasteiger partial charge in [-0.15, -0.1) is 0 Å². The van der Waals surface area contributed by atoms with E-state index in [4.69, 9.17) is 21.1 Å². The van der Waals surface area contributed by atoms with Crippen molar-refractivity contribution in [2.75, 3.05) is 11.9 Å². The van der Waals surface area contributed by atoms with Crippen LogP contribution in [0.15, 0.2) is 54.6 Å². The molecule has 0 aromatic heterocycles. The van der Waals surface area contributed by atoms with Crippen LogP contribution in [0.4, 0.5) is 5.69 Å². The first-order valence-corrected chi connectivity index (χ1v) is 8.54. The maximum atomic E-state index is 12.1. The fraction of sp³-hybridized carbons (Fsp3) is 0.200. The normalized spacial score (nSPS) is 11.8. The Hall–Kier alpha value is -2.79. The van der Waals surface area contributed by atoms with Gasteiger partial charge in [0.1, 0.15) is 5.75 Å². The highest BCUT2D eigenvalue weighted by molar-refractivity contribution is 6.30. The van der Waals surface area contributed by atoms with E-state index in [1.54, 1.807) is 30.3 Å². The van der Waals surface area contributed by atoms with Crippen molar-refractivity contribution >= 4 is 35.2 Å². The lowest BCUT2D eigenvalue weighted by Gasteiger charge is -2.12. The molecule has 0 fully saturated rings. The number of carbonyl (C=O) groups excluding carboxylic acids is 2. The summed E-state index contributed by atoms with van der Waals surface area (Å²) in [7, 11) is 0. The monoisotopic (exact) mass is 373 g/mol. The minimum absolute atomic E-state index is 0.441. The van der Waals surface area contributed by atoms with Gasteiger partial charge in [-0.05, 0) is 44.2 Å². The largest absolute Gasteiger partial charge is 0.493 e. The molecular formula is C20H20ClNO4. The summed E-state index contributed by atoms with van der Waals surface area (Å²) >= 11 is 5.87. The summed E-state index contributed by atoms with van der Waals surface area (Å²) in [6.07, 6.45) is 1.91. The number of rotatable bonds is 7. The first-order chi connectivity index (χ1) is 12.5. The summed E-state index contributed by atoms with van der Waals surface area (Å²) in [6.45, 7) is 3.91. The van der Waals surface area contributed by atoms with Crippen molar-refractivity contribution < 1.29 is 19.1 Å². The molecule has 0 saturated carbocycles. The fourth-order valence-corrected chi connectivity index (χ4v) is 2.33. The van der Waals surface area contributed by atoms with E-state index in [1.165, 1.54) is 13.0 Å². The number of ether oxygens (including phenoxy) is 2. The minimum atomic E-state index is -0.951. The van der Waals surface area contributed by atoms with Crippen molar-refractivity contribution in [1.29, 1.82) is 0 Å². The second-order valence-electron chi connectivity index (χ2n) is 5.38. The molecule has 0 radical (unpaired) electrons. The van der Waals surface area contributed by atoms with Crippen molar-refractivity contribution in [3.63, 3.8) is 0 Å². The van der Waals surface area contributed by atoms with Gasteiger partial charge in [-0.2, -0.15) is 0 Å². The number of nitrogens with one attached hydrogen (secondary N) is 1. The van der Waals surface area contributed by atoms with Gasteiger partial charge in [-0.3, -0.25) is 4.79 Å². The lowest BCUT2D eigenvalue weighted by molar-refractivity contribution is -0.148. The third-order valence-corrected chi connectivity index (χ3v) is 3.61. The van der Waals surface area contributed by atoms with Crippen LogP contribution in [-0.2, 0) is 14.3 Å². The first kappa shape index (κ1) is 19.5. The fourth-order valence-electron chi connectivity index (χ4n) is 2.14. The zero-order valence-electron chi connectivity index (χ0n) is 14.6. The molecule has 6 heteroatoms. The SMILES string of the molecule is CCOc1ccccc1/C=C/C(=O)O[C@@H](C)C(=O)Nc1cccc(Cl)c1. The Bertz CT molecular complexity index is 804. The highest BCUT2D eigenvalue weighted by Crippen LogP contribution is 2.19. The highest BCUT2D eigenvalue weighted by Gasteiger charge is 2.16. The molecule has 2 rings (SSSR count). The van der Waals surface area contributed by atoms with Crippen molar-refractivity contribution in [1.82, 2.24) is 0 Å². The van der Waals surface area contributed by atoms with Crippen LogP contribution in [0.3, 0.4) is 0 Å². The minimum Gasteiger partial charge on any atom is -0.493 e. The van der Waals surface area contributed by atoms with Gasteiger partial charge in [0.05, 0.1) is 6.61 Å². The highest BCUT2D eigenvalue weighted by atomic mass is 35.5. The maximum Gasteiger partial charge on any atom is 0.331 e. The predicted molar refractivity (Wildman–Crippen MR) is 102 cm³/mol. The molecule has 1 amide bonds. The van der Waals surface area contributed by atoms with Gasteiger partial charge in [0.15, 0.2) is 6.10 Å². The van der Waals surface area contributed by atoms with Gasteiger partial charge in [0, 0.05) is 22.3 Å². The maximum absolute atomic E-state index is 12.1. The van der Waals surface area contributed by atoms with E-state index in [-0.39, 0.29) is 0 Å². The predicted octanol–water partition coefficient (Wildman–Crippen LogP) is 4.32. The van der Waals surface area contributed by atoms with Gasteiger partial charge in [-0.1, -0.05) is 35.9 Å². The number of benzene rings is 2. The molecule has 0 aliphatic heterocycles. The number of halogens is 1. The van der Waals surface area contributed by atoms with Crippen LogP contribution in [0.2, 0.25) is 5.02 Å². The van der Waals surface area contributed by atoms with E-state index >= 15 is 0 Å². The second kappa shape index (κ2) is 9.63. The molecule has 2 aromatic rings. The van der Waals surface area contributed by atoms with Crippen molar-refractivity contribution in [3.05, 3.63) is 65.2 Å². The summed E-state index contributed by atoms with van der Waals surface area (Å²) in [5, 5.41) is 3.15. The average molecular weight is 374 g/mol. The van der Waals surface area contributed by atoms with Gasteiger partial charge in [0.2, 0.25) is 0 Å². The van der Waals surface area contributed by atoms with Crippen LogP contribution in [0.25, 0.3) is 6.08 Å². The van der Waals surface area contributed by atoms with Gasteiger partial charge < -0.3 is 14.8 Å². The lowest BCUT2D eigenvalue weighted by atomic mass is 10.2. The van der Waals surface area contributed by atoms with Crippen molar-refractivity contribution in [2.45, 2.75) is 20.0 Å².